The Balaban J connectivity index is 2.09. The van der Waals surface area contributed by atoms with Crippen molar-refractivity contribution >= 4 is 11.8 Å². The van der Waals surface area contributed by atoms with Crippen LogP contribution in [0, 0.1) is 0 Å². The number of benzene rings is 1. The van der Waals surface area contributed by atoms with Crippen LogP contribution in [0.4, 0.5) is 0 Å². The maximum absolute atomic E-state index is 5.95. The van der Waals surface area contributed by atoms with Crippen LogP contribution in [0.2, 0.25) is 0 Å². The second kappa shape index (κ2) is 5.91. The minimum absolute atomic E-state index is 0.0136. The van der Waals surface area contributed by atoms with Gasteiger partial charge in [-0.05, 0) is 36.1 Å². The zero-order chi connectivity index (χ0) is 17.5. The monoisotopic (exact) mass is 330 g/mol. The Morgan fingerprint density at radius 2 is 1.17 bits per heavy atom. The molecule has 0 bridgehead atoms. The molecule has 0 aromatic heterocycles. The zero-order valence-corrected chi connectivity index (χ0v) is 15.8. The molecule has 0 aliphatic carbocycles. The molecule has 0 saturated heterocycles. The minimum atomic E-state index is -0.0136. The molecule has 2 N–H and O–H groups in total. The summed E-state index contributed by atoms with van der Waals surface area (Å²) in [4.78, 5) is 7.03. The lowest BCUT2D eigenvalue weighted by Crippen LogP contribution is -2.83. The average molecular weight is 330 g/mol. The quantitative estimate of drug-likeness (QED) is 0.822. The van der Waals surface area contributed by atoms with Crippen molar-refractivity contribution in [3.05, 3.63) is 34.4 Å². The Kier molecular flexibility index (Phi) is 4.18. The van der Waals surface area contributed by atoms with E-state index in [2.05, 4.69) is 63.7 Å². The van der Waals surface area contributed by atoms with Gasteiger partial charge in [0.05, 0.1) is 11.1 Å². The van der Waals surface area contributed by atoms with Crippen molar-refractivity contribution in [3.63, 3.8) is 0 Å². The standard InChI is InChI=1S/C20H28N2O2/c1-7-13-14(8-2)16(18-22-20(5,6)12-24-18)10-9-15(13)17-21-19(3,4)11-23-17/h9-10H,7-8,11-12H2,1-6H3/p+2. The normalized spacial score (nSPS) is 21.1. The van der Waals surface area contributed by atoms with Gasteiger partial charge >= 0.3 is 11.8 Å². The molecule has 3 rings (SSSR count). The van der Waals surface area contributed by atoms with Crippen LogP contribution in [0.15, 0.2) is 12.1 Å². The summed E-state index contributed by atoms with van der Waals surface area (Å²) in [5.41, 5.74) is 5.03. The first-order valence-corrected chi connectivity index (χ1v) is 8.97. The highest BCUT2D eigenvalue weighted by Gasteiger charge is 2.38. The molecule has 0 radical (unpaired) electrons. The molecule has 0 fully saturated rings. The summed E-state index contributed by atoms with van der Waals surface area (Å²) in [5.74, 6) is 1.81. The van der Waals surface area contributed by atoms with Crippen LogP contribution in [-0.4, -0.2) is 36.1 Å². The molecular weight excluding hydrogens is 300 g/mol. The summed E-state index contributed by atoms with van der Waals surface area (Å²) in [6.07, 6.45) is 1.94. The molecule has 0 spiro atoms. The Morgan fingerprint density at radius 3 is 1.42 bits per heavy atom. The third-order valence-electron chi connectivity index (χ3n) is 4.69. The van der Waals surface area contributed by atoms with E-state index in [0.29, 0.717) is 13.2 Å². The molecule has 0 atom stereocenters. The maximum Gasteiger partial charge on any atom is 0.369 e. The van der Waals surface area contributed by atoms with E-state index in [-0.39, 0.29) is 11.1 Å². The third-order valence-corrected chi connectivity index (χ3v) is 4.69. The van der Waals surface area contributed by atoms with Crippen LogP contribution in [0.5, 0.6) is 0 Å². The summed E-state index contributed by atoms with van der Waals surface area (Å²) in [7, 11) is 0. The van der Waals surface area contributed by atoms with E-state index >= 15 is 0 Å². The van der Waals surface area contributed by atoms with E-state index in [9.17, 15) is 0 Å². The van der Waals surface area contributed by atoms with Crippen LogP contribution in [-0.2, 0) is 22.3 Å². The molecule has 2 aliphatic heterocycles. The molecule has 2 aliphatic rings. The van der Waals surface area contributed by atoms with Crippen LogP contribution < -0.4 is 9.98 Å². The number of hydrogen-bond acceptors (Lipinski definition) is 2. The van der Waals surface area contributed by atoms with Gasteiger partial charge < -0.3 is 9.47 Å². The Labute approximate surface area is 145 Å². The first-order valence-electron chi connectivity index (χ1n) is 8.97. The highest BCUT2D eigenvalue weighted by Crippen LogP contribution is 2.23. The molecule has 4 heteroatoms. The molecule has 0 unspecified atom stereocenters. The first-order chi connectivity index (χ1) is 11.3. The SMILES string of the molecule is CCc1c(C2=[NH+]C(C)(C)CO2)ccc(C2=[NH+]C(C)(C)CO2)c1CC. The number of hydrogen-bond donors (Lipinski definition) is 2. The molecule has 4 nitrogen and oxygen atoms in total. The van der Waals surface area contributed by atoms with Crippen molar-refractivity contribution in [2.45, 2.75) is 65.5 Å². The first kappa shape index (κ1) is 17.0. The average Bonchev–Trinajstić information content (AvgIpc) is 3.07. The number of ether oxygens (including phenoxy) is 2. The fraction of sp³-hybridized carbons (Fsp3) is 0.600. The van der Waals surface area contributed by atoms with Gasteiger partial charge in [-0.1, -0.05) is 13.8 Å². The van der Waals surface area contributed by atoms with Crippen molar-refractivity contribution in [1.29, 1.82) is 0 Å². The maximum atomic E-state index is 5.95. The predicted molar refractivity (Wildman–Crippen MR) is 95.4 cm³/mol. The van der Waals surface area contributed by atoms with Crippen molar-refractivity contribution in [2.24, 2.45) is 0 Å². The molecular formula is C20H30N2O2+2. The highest BCUT2D eigenvalue weighted by molar-refractivity contribution is 5.97. The fourth-order valence-electron chi connectivity index (χ4n) is 3.48. The second-order valence-electron chi connectivity index (χ2n) is 8.08. The van der Waals surface area contributed by atoms with Gasteiger partial charge in [0, 0.05) is 27.7 Å². The van der Waals surface area contributed by atoms with Gasteiger partial charge in [0.15, 0.2) is 24.3 Å². The van der Waals surface area contributed by atoms with Crippen molar-refractivity contribution in [1.82, 2.24) is 0 Å². The Bertz CT molecular complexity index is 654. The largest absolute Gasteiger partial charge is 0.437 e. The van der Waals surface area contributed by atoms with E-state index in [4.69, 9.17) is 9.47 Å². The Hall–Kier alpha value is -1.84. The smallest absolute Gasteiger partial charge is 0.369 e. The van der Waals surface area contributed by atoms with Gasteiger partial charge in [0.1, 0.15) is 0 Å². The summed E-state index contributed by atoms with van der Waals surface area (Å²) < 4.78 is 11.9. The summed E-state index contributed by atoms with van der Waals surface area (Å²) in [6.45, 7) is 14.5. The Morgan fingerprint density at radius 1 is 0.792 bits per heavy atom. The molecule has 0 saturated carbocycles. The molecule has 0 amide bonds. The van der Waals surface area contributed by atoms with Crippen LogP contribution >= 0.6 is 0 Å². The summed E-state index contributed by atoms with van der Waals surface area (Å²) in [6, 6.07) is 4.33. The fourth-order valence-corrected chi connectivity index (χ4v) is 3.48. The summed E-state index contributed by atoms with van der Waals surface area (Å²) in [5, 5.41) is 0. The lowest BCUT2D eigenvalue weighted by molar-refractivity contribution is -0.530. The van der Waals surface area contributed by atoms with E-state index in [1.54, 1.807) is 0 Å². The highest BCUT2D eigenvalue weighted by atomic mass is 16.5. The van der Waals surface area contributed by atoms with E-state index in [0.717, 1.165) is 24.6 Å². The predicted octanol–water partition coefficient (Wildman–Crippen LogP) is 0.0834. The molecule has 130 valence electrons. The summed E-state index contributed by atoms with van der Waals surface area (Å²) >= 11 is 0. The van der Waals surface area contributed by atoms with Gasteiger partial charge in [-0.3, -0.25) is 0 Å². The van der Waals surface area contributed by atoms with Gasteiger partial charge in [-0.15, -0.1) is 0 Å². The van der Waals surface area contributed by atoms with Gasteiger partial charge in [0.2, 0.25) is 0 Å². The van der Waals surface area contributed by atoms with Crippen molar-refractivity contribution < 1.29 is 19.5 Å². The molecule has 2 heterocycles. The minimum Gasteiger partial charge on any atom is -0.437 e. The number of rotatable bonds is 4. The van der Waals surface area contributed by atoms with Crippen LogP contribution in [0.25, 0.3) is 0 Å². The molecule has 24 heavy (non-hydrogen) atoms. The second-order valence-corrected chi connectivity index (χ2v) is 8.08. The van der Waals surface area contributed by atoms with Crippen molar-refractivity contribution in [3.8, 4) is 0 Å². The zero-order valence-electron chi connectivity index (χ0n) is 15.8. The lowest BCUT2D eigenvalue weighted by Gasteiger charge is -2.13. The van der Waals surface area contributed by atoms with E-state index in [1.807, 2.05) is 0 Å². The van der Waals surface area contributed by atoms with Crippen molar-refractivity contribution in [2.75, 3.05) is 13.2 Å². The lowest BCUT2D eigenvalue weighted by atomic mass is 9.92. The van der Waals surface area contributed by atoms with Gasteiger partial charge in [-0.2, -0.15) is 0 Å². The number of nitrogens with one attached hydrogen (secondary N) is 2. The van der Waals surface area contributed by atoms with Crippen LogP contribution in [0.3, 0.4) is 0 Å². The van der Waals surface area contributed by atoms with E-state index < -0.39 is 0 Å². The van der Waals surface area contributed by atoms with E-state index in [1.165, 1.54) is 22.3 Å². The topological polar surface area (TPSA) is 46.4 Å². The molecule has 1 aromatic rings. The third kappa shape index (κ3) is 3.06. The molecule has 1 aromatic carbocycles. The van der Waals surface area contributed by atoms with Gasteiger partial charge in [-0.25, -0.2) is 9.98 Å². The van der Waals surface area contributed by atoms with Gasteiger partial charge in [0.25, 0.3) is 0 Å². The van der Waals surface area contributed by atoms with Crippen LogP contribution in [0.1, 0.15) is 63.8 Å².